The number of thiol groups is 2. The van der Waals surface area contributed by atoms with Gasteiger partial charge in [0.05, 0.1) is 0 Å². The van der Waals surface area contributed by atoms with Crippen molar-refractivity contribution in [3.8, 4) is 0 Å². The van der Waals surface area contributed by atoms with Crippen LogP contribution in [0.1, 0.15) is 24.0 Å². The fourth-order valence-electron chi connectivity index (χ4n) is 3.14. The van der Waals surface area contributed by atoms with Crippen LogP contribution in [0, 0.1) is 4.77 Å². The highest BCUT2D eigenvalue weighted by Gasteiger charge is 2.12. The van der Waals surface area contributed by atoms with Gasteiger partial charge in [-0.05, 0) is 49.0 Å². The van der Waals surface area contributed by atoms with Gasteiger partial charge in [-0.25, -0.2) is 0 Å². The van der Waals surface area contributed by atoms with Crippen molar-refractivity contribution in [3.63, 3.8) is 0 Å². The van der Waals surface area contributed by atoms with Gasteiger partial charge in [-0.15, -0.1) is 25.3 Å². The van der Waals surface area contributed by atoms with Gasteiger partial charge >= 0.3 is 0 Å². The number of aromatic nitrogens is 2. The lowest BCUT2D eigenvalue weighted by atomic mass is 10.1. The van der Waals surface area contributed by atoms with E-state index < -0.39 is 0 Å². The van der Waals surface area contributed by atoms with E-state index in [0.717, 1.165) is 53.6 Å². The average Bonchev–Trinajstić information content (AvgIpc) is 2.87. The first-order chi connectivity index (χ1) is 12.7. The van der Waals surface area contributed by atoms with Gasteiger partial charge in [-0.3, -0.25) is 0 Å². The van der Waals surface area contributed by atoms with Crippen LogP contribution in [0.25, 0.3) is 0 Å². The molecule has 2 aromatic carbocycles. The van der Waals surface area contributed by atoms with E-state index in [9.17, 15) is 0 Å². The van der Waals surface area contributed by atoms with E-state index in [1.54, 1.807) is 0 Å². The topological polar surface area (TPSA) is 9.86 Å². The van der Waals surface area contributed by atoms with Crippen LogP contribution in [0.2, 0.25) is 0 Å². The third kappa shape index (κ3) is 4.84. The van der Waals surface area contributed by atoms with E-state index in [0.29, 0.717) is 0 Å². The van der Waals surface area contributed by atoms with Gasteiger partial charge in [0.25, 0.3) is 0 Å². The number of nitrogens with zero attached hydrogens (tertiary/aromatic N) is 2. The Morgan fingerprint density at radius 2 is 1.04 bits per heavy atom. The Labute approximate surface area is 171 Å². The summed E-state index contributed by atoms with van der Waals surface area (Å²) >= 11 is 15.0. The van der Waals surface area contributed by atoms with E-state index in [2.05, 4.69) is 82.9 Å². The summed E-state index contributed by atoms with van der Waals surface area (Å²) in [6.45, 7) is 1.73. The number of hydrogen-bond donors (Lipinski definition) is 2. The van der Waals surface area contributed by atoms with Crippen molar-refractivity contribution >= 4 is 37.5 Å². The van der Waals surface area contributed by atoms with Crippen molar-refractivity contribution in [2.24, 2.45) is 0 Å². The molecule has 0 fully saturated rings. The standard InChI is InChI=1S/C21H24N2S3/c24-19-20(25)23(16-8-14-18-11-5-2-6-12-18)21(26)22(19)15-7-13-17-9-3-1-4-10-17/h1-6,9-12,24-25H,7-8,13-16H2. The number of benzene rings is 2. The summed E-state index contributed by atoms with van der Waals surface area (Å²) in [5.74, 6) is 0. The largest absolute Gasteiger partial charge is 0.311 e. The van der Waals surface area contributed by atoms with Crippen LogP contribution in [0.4, 0.5) is 0 Å². The van der Waals surface area contributed by atoms with Gasteiger partial charge in [0.1, 0.15) is 10.1 Å². The van der Waals surface area contributed by atoms with Crippen LogP contribution in [0.3, 0.4) is 0 Å². The zero-order valence-electron chi connectivity index (χ0n) is 14.7. The minimum absolute atomic E-state index is 0.820. The zero-order valence-corrected chi connectivity index (χ0v) is 17.3. The third-order valence-corrected chi connectivity index (χ3v) is 6.08. The molecular formula is C21H24N2S3. The van der Waals surface area contributed by atoms with Gasteiger partial charge in [0, 0.05) is 13.1 Å². The van der Waals surface area contributed by atoms with Crippen LogP contribution in [0.5, 0.6) is 0 Å². The van der Waals surface area contributed by atoms with Crippen LogP contribution in [-0.4, -0.2) is 9.13 Å². The Morgan fingerprint density at radius 1 is 0.654 bits per heavy atom. The van der Waals surface area contributed by atoms with Crippen molar-refractivity contribution in [1.82, 2.24) is 9.13 Å². The van der Waals surface area contributed by atoms with Crippen molar-refractivity contribution < 1.29 is 0 Å². The maximum atomic E-state index is 5.69. The molecule has 0 aliphatic carbocycles. The molecule has 0 atom stereocenters. The highest BCUT2D eigenvalue weighted by Crippen LogP contribution is 2.23. The summed E-state index contributed by atoms with van der Waals surface area (Å²) in [6, 6.07) is 21.1. The fourth-order valence-corrected chi connectivity index (χ4v) is 4.27. The lowest BCUT2D eigenvalue weighted by molar-refractivity contribution is 0.569. The van der Waals surface area contributed by atoms with Crippen molar-refractivity contribution in [2.75, 3.05) is 0 Å². The summed E-state index contributed by atoms with van der Waals surface area (Å²) < 4.78 is 5.03. The second kappa shape index (κ2) is 9.49. The zero-order chi connectivity index (χ0) is 18.4. The molecule has 1 aromatic heterocycles. The van der Waals surface area contributed by atoms with E-state index in [4.69, 9.17) is 12.2 Å². The van der Waals surface area contributed by atoms with Gasteiger partial charge in [-0.2, -0.15) is 0 Å². The molecule has 0 saturated carbocycles. The number of hydrogen-bond acceptors (Lipinski definition) is 3. The average molecular weight is 401 g/mol. The molecule has 3 aromatic rings. The summed E-state index contributed by atoms with van der Waals surface area (Å²) in [6.07, 6.45) is 4.15. The Bertz CT molecular complexity index is 811. The maximum absolute atomic E-state index is 5.69. The van der Waals surface area contributed by atoms with Crippen molar-refractivity contribution in [3.05, 3.63) is 76.6 Å². The Balaban J connectivity index is 1.61. The number of imidazole rings is 1. The molecule has 0 aliphatic rings. The molecule has 0 bridgehead atoms. The van der Waals surface area contributed by atoms with Gasteiger partial charge < -0.3 is 9.13 Å². The lowest BCUT2D eigenvalue weighted by Crippen LogP contribution is -2.04. The molecule has 0 N–H and O–H groups in total. The predicted octanol–water partition coefficient (Wildman–Crippen LogP) is 5.86. The first-order valence-corrected chi connectivity index (χ1v) is 10.3. The molecule has 26 heavy (non-hydrogen) atoms. The summed E-state index contributed by atoms with van der Waals surface area (Å²) in [7, 11) is 0. The van der Waals surface area contributed by atoms with E-state index in [1.807, 2.05) is 12.1 Å². The molecule has 0 unspecified atom stereocenters. The van der Waals surface area contributed by atoms with Crippen molar-refractivity contribution in [2.45, 2.75) is 48.8 Å². The van der Waals surface area contributed by atoms with Gasteiger partial charge in [0.15, 0.2) is 4.77 Å². The third-order valence-electron chi connectivity index (χ3n) is 4.55. The molecule has 136 valence electrons. The first kappa shape index (κ1) is 19.3. The van der Waals surface area contributed by atoms with Crippen LogP contribution in [-0.2, 0) is 25.9 Å². The van der Waals surface area contributed by atoms with Crippen LogP contribution >= 0.6 is 37.5 Å². The van der Waals surface area contributed by atoms with E-state index in [-0.39, 0.29) is 0 Å². The first-order valence-electron chi connectivity index (χ1n) is 8.96. The lowest BCUT2D eigenvalue weighted by Gasteiger charge is -2.06. The Kier molecular flexibility index (Phi) is 7.06. The molecule has 0 amide bonds. The molecule has 0 spiro atoms. The smallest absolute Gasteiger partial charge is 0.181 e. The highest BCUT2D eigenvalue weighted by molar-refractivity contribution is 7.83. The summed E-state index contributed by atoms with van der Waals surface area (Å²) in [4.78, 5) is 0. The fraction of sp³-hybridized carbons (Fsp3) is 0.286. The molecule has 1 heterocycles. The molecule has 2 nitrogen and oxygen atoms in total. The highest BCUT2D eigenvalue weighted by atomic mass is 32.1. The quantitative estimate of drug-likeness (QED) is 0.356. The van der Waals surface area contributed by atoms with Gasteiger partial charge in [-0.1, -0.05) is 60.7 Å². The molecule has 5 heteroatoms. The number of aryl methyl sites for hydroxylation is 2. The molecule has 0 radical (unpaired) electrons. The normalized spacial score (nSPS) is 11.0. The number of rotatable bonds is 8. The van der Waals surface area contributed by atoms with Crippen LogP contribution in [0.15, 0.2) is 70.7 Å². The molecular weight excluding hydrogens is 376 g/mol. The Hall–Kier alpha value is -1.43. The molecule has 0 aliphatic heterocycles. The second-order valence-corrected chi connectivity index (χ2v) is 7.62. The maximum Gasteiger partial charge on any atom is 0.181 e. The van der Waals surface area contributed by atoms with E-state index >= 15 is 0 Å². The molecule has 3 rings (SSSR count). The summed E-state index contributed by atoms with van der Waals surface area (Å²) in [5.41, 5.74) is 2.71. The Morgan fingerprint density at radius 3 is 1.42 bits per heavy atom. The monoisotopic (exact) mass is 400 g/mol. The predicted molar refractivity (Wildman–Crippen MR) is 117 cm³/mol. The van der Waals surface area contributed by atoms with E-state index in [1.165, 1.54) is 11.1 Å². The van der Waals surface area contributed by atoms with Crippen molar-refractivity contribution in [1.29, 1.82) is 0 Å². The van der Waals surface area contributed by atoms with Crippen LogP contribution < -0.4 is 0 Å². The minimum Gasteiger partial charge on any atom is -0.311 e. The SMILES string of the molecule is S=c1n(CCCc2ccccc2)c(S)c(S)n1CCCc1ccccc1. The second-order valence-electron chi connectivity index (χ2n) is 6.41. The summed E-state index contributed by atoms with van der Waals surface area (Å²) in [5, 5.41) is 1.73. The minimum atomic E-state index is 0.820. The molecule has 0 saturated heterocycles. The van der Waals surface area contributed by atoms with Gasteiger partial charge in [0.2, 0.25) is 0 Å².